The summed E-state index contributed by atoms with van der Waals surface area (Å²) in [7, 11) is -0.848. The van der Waals surface area contributed by atoms with Crippen LogP contribution in [0.4, 0.5) is 5.69 Å². The number of carbonyl (C=O) groups is 2. The predicted molar refractivity (Wildman–Crippen MR) is 120 cm³/mol. The Labute approximate surface area is 192 Å². The Kier molecular flexibility index (Phi) is 7.05. The number of rotatable bonds is 7. The molecule has 1 heterocycles. The van der Waals surface area contributed by atoms with E-state index in [1.165, 1.54) is 61.1 Å². The molecule has 174 valence electrons. The molecule has 13 heteroatoms. The van der Waals surface area contributed by atoms with Gasteiger partial charge in [0.05, 0.1) is 26.6 Å². The number of esters is 1. The highest BCUT2D eigenvalue weighted by Crippen LogP contribution is 2.23. The van der Waals surface area contributed by atoms with Gasteiger partial charge in [-0.15, -0.1) is 0 Å². The zero-order valence-corrected chi connectivity index (χ0v) is 19.6. The number of hydrogen-bond acceptors (Lipinski definition) is 8. The number of thiazole rings is 1. The molecule has 0 aliphatic rings. The molecule has 0 bridgehead atoms. The van der Waals surface area contributed by atoms with Crippen molar-refractivity contribution >= 4 is 49.1 Å². The maximum atomic E-state index is 12.8. The monoisotopic (exact) mass is 492 g/mol. The zero-order chi connectivity index (χ0) is 24.3. The summed E-state index contributed by atoms with van der Waals surface area (Å²) in [6.45, 7) is 1.59. The van der Waals surface area contributed by atoms with Crippen molar-refractivity contribution in [2.75, 3.05) is 20.7 Å². The Morgan fingerprint density at radius 3 is 2.42 bits per heavy atom. The zero-order valence-electron chi connectivity index (χ0n) is 17.9. The number of sulfonamides is 1. The van der Waals surface area contributed by atoms with Crippen LogP contribution in [0.1, 0.15) is 17.3 Å². The number of nitro groups is 1. The molecule has 2 aromatic carbocycles. The molecular weight excluding hydrogens is 472 g/mol. The Balaban J connectivity index is 2.07. The van der Waals surface area contributed by atoms with Crippen LogP contribution in [0.2, 0.25) is 0 Å². The first kappa shape index (κ1) is 24.2. The fourth-order valence-corrected chi connectivity index (χ4v) is 4.84. The predicted octanol–water partition coefficient (Wildman–Crippen LogP) is 2.17. The lowest BCUT2D eigenvalue weighted by Crippen LogP contribution is -2.23. The molecule has 3 aromatic rings. The van der Waals surface area contributed by atoms with Gasteiger partial charge in [0.2, 0.25) is 10.0 Å². The minimum absolute atomic E-state index is 0.0237. The van der Waals surface area contributed by atoms with Crippen molar-refractivity contribution in [2.45, 2.75) is 18.4 Å². The lowest BCUT2D eigenvalue weighted by molar-refractivity contribution is -0.384. The van der Waals surface area contributed by atoms with Gasteiger partial charge in [-0.2, -0.15) is 4.99 Å². The van der Waals surface area contributed by atoms with E-state index in [-0.39, 0.29) is 34.1 Å². The third kappa shape index (κ3) is 5.16. The molecule has 0 aliphatic heterocycles. The molecule has 0 atom stereocenters. The van der Waals surface area contributed by atoms with E-state index in [2.05, 4.69) is 4.99 Å². The van der Waals surface area contributed by atoms with Gasteiger partial charge < -0.3 is 9.30 Å². The lowest BCUT2D eigenvalue weighted by Gasteiger charge is -2.11. The molecule has 0 unspecified atom stereocenters. The highest BCUT2D eigenvalue weighted by molar-refractivity contribution is 7.89. The van der Waals surface area contributed by atoms with Crippen LogP contribution in [0.5, 0.6) is 0 Å². The molecule has 33 heavy (non-hydrogen) atoms. The minimum atomic E-state index is -3.65. The summed E-state index contributed by atoms with van der Waals surface area (Å²) in [5.74, 6) is -1.22. The quantitative estimate of drug-likeness (QED) is 0.279. The molecule has 0 fully saturated rings. The number of amides is 1. The summed E-state index contributed by atoms with van der Waals surface area (Å²) < 4.78 is 32.4. The minimum Gasteiger partial charge on any atom is -0.465 e. The van der Waals surface area contributed by atoms with E-state index < -0.39 is 26.8 Å². The van der Waals surface area contributed by atoms with Crippen molar-refractivity contribution in [1.82, 2.24) is 8.87 Å². The average molecular weight is 493 g/mol. The van der Waals surface area contributed by atoms with E-state index >= 15 is 0 Å². The van der Waals surface area contributed by atoms with Gasteiger partial charge in [0.15, 0.2) is 4.80 Å². The standard InChI is InChI=1S/C20H20N4O7S2/c1-4-31-18(25)12-23-16-10-7-14(24(27)28)11-17(16)32-20(23)21-19(26)13-5-8-15(9-6-13)33(29,30)22(2)3/h5-11H,4,12H2,1-3H3. The fourth-order valence-electron chi connectivity index (χ4n) is 2.88. The van der Waals surface area contributed by atoms with Gasteiger partial charge in [-0.3, -0.25) is 19.7 Å². The summed E-state index contributed by atoms with van der Waals surface area (Å²) in [4.78, 5) is 39.7. The molecule has 1 aromatic heterocycles. The Morgan fingerprint density at radius 1 is 1.18 bits per heavy atom. The van der Waals surface area contributed by atoms with Gasteiger partial charge in [0.1, 0.15) is 6.54 Å². The Morgan fingerprint density at radius 2 is 1.85 bits per heavy atom. The molecule has 3 rings (SSSR count). The van der Waals surface area contributed by atoms with Crippen molar-refractivity contribution in [3.63, 3.8) is 0 Å². The van der Waals surface area contributed by atoms with Gasteiger partial charge in [0.25, 0.3) is 11.6 Å². The second-order valence-corrected chi connectivity index (χ2v) is 10.1. The van der Waals surface area contributed by atoms with Crippen LogP contribution in [0.25, 0.3) is 10.2 Å². The van der Waals surface area contributed by atoms with Crippen molar-refractivity contribution in [3.8, 4) is 0 Å². The topological polar surface area (TPSA) is 141 Å². The number of hydrogen-bond donors (Lipinski definition) is 0. The molecule has 11 nitrogen and oxygen atoms in total. The summed E-state index contributed by atoms with van der Waals surface area (Å²) in [5.41, 5.74) is 0.485. The summed E-state index contributed by atoms with van der Waals surface area (Å²) >= 11 is 1.01. The third-order valence-corrected chi connectivity index (χ3v) is 7.42. The average Bonchev–Trinajstić information content (AvgIpc) is 3.09. The van der Waals surface area contributed by atoms with Crippen LogP contribution >= 0.6 is 11.3 Å². The summed E-state index contributed by atoms with van der Waals surface area (Å²) in [5, 5.41) is 11.1. The molecule has 0 aliphatic carbocycles. The number of non-ortho nitro benzene ring substituents is 1. The van der Waals surface area contributed by atoms with E-state index in [9.17, 15) is 28.1 Å². The molecule has 0 saturated carbocycles. The van der Waals surface area contributed by atoms with Crippen molar-refractivity contribution in [2.24, 2.45) is 4.99 Å². The van der Waals surface area contributed by atoms with Crippen molar-refractivity contribution < 1.29 is 27.7 Å². The van der Waals surface area contributed by atoms with Crippen LogP contribution in [-0.2, 0) is 26.1 Å². The Hall–Kier alpha value is -3.42. The van der Waals surface area contributed by atoms with Crippen LogP contribution in [-0.4, -0.2) is 54.8 Å². The van der Waals surface area contributed by atoms with Gasteiger partial charge >= 0.3 is 5.97 Å². The van der Waals surface area contributed by atoms with Crippen LogP contribution in [0.3, 0.4) is 0 Å². The van der Waals surface area contributed by atoms with Crippen LogP contribution in [0.15, 0.2) is 52.4 Å². The molecule has 0 saturated heterocycles. The third-order valence-electron chi connectivity index (χ3n) is 4.55. The number of nitro benzene ring substituents is 1. The van der Waals surface area contributed by atoms with E-state index in [1.807, 2.05) is 0 Å². The first-order chi connectivity index (χ1) is 15.5. The number of benzene rings is 2. The SMILES string of the molecule is CCOC(=O)Cn1c(=NC(=O)c2ccc(S(=O)(=O)N(C)C)cc2)sc2cc([N+](=O)[O-])ccc21. The lowest BCUT2D eigenvalue weighted by atomic mass is 10.2. The number of ether oxygens (including phenoxy) is 1. The van der Waals surface area contributed by atoms with Gasteiger partial charge in [-0.25, -0.2) is 12.7 Å². The normalized spacial score (nSPS) is 12.3. The van der Waals surface area contributed by atoms with E-state index in [4.69, 9.17) is 4.74 Å². The van der Waals surface area contributed by atoms with Gasteiger partial charge in [-0.05, 0) is 37.3 Å². The molecular formula is C20H20N4O7S2. The molecule has 0 N–H and O–H groups in total. The number of fused-ring (bicyclic) bond motifs is 1. The number of carbonyl (C=O) groups excluding carboxylic acids is 2. The summed E-state index contributed by atoms with van der Waals surface area (Å²) in [6, 6.07) is 9.41. The van der Waals surface area contributed by atoms with E-state index in [1.54, 1.807) is 6.92 Å². The first-order valence-electron chi connectivity index (χ1n) is 9.59. The maximum Gasteiger partial charge on any atom is 0.326 e. The van der Waals surface area contributed by atoms with Crippen LogP contribution in [0, 0.1) is 10.1 Å². The first-order valence-corrected chi connectivity index (χ1v) is 11.8. The smallest absolute Gasteiger partial charge is 0.326 e. The largest absolute Gasteiger partial charge is 0.465 e. The van der Waals surface area contributed by atoms with Crippen LogP contribution < -0.4 is 4.80 Å². The highest BCUT2D eigenvalue weighted by atomic mass is 32.2. The van der Waals surface area contributed by atoms with Gasteiger partial charge in [-0.1, -0.05) is 11.3 Å². The van der Waals surface area contributed by atoms with E-state index in [0.29, 0.717) is 10.2 Å². The molecule has 1 amide bonds. The Bertz CT molecular complexity index is 1400. The second-order valence-electron chi connectivity index (χ2n) is 6.91. The molecule has 0 radical (unpaired) electrons. The van der Waals surface area contributed by atoms with Crippen molar-refractivity contribution in [1.29, 1.82) is 0 Å². The molecule has 0 spiro atoms. The highest BCUT2D eigenvalue weighted by Gasteiger charge is 2.18. The maximum absolute atomic E-state index is 12.8. The number of aromatic nitrogens is 1. The van der Waals surface area contributed by atoms with E-state index in [0.717, 1.165) is 15.6 Å². The summed E-state index contributed by atoms with van der Waals surface area (Å²) in [6.07, 6.45) is 0. The second kappa shape index (κ2) is 9.60. The van der Waals surface area contributed by atoms with Crippen molar-refractivity contribution in [3.05, 3.63) is 62.9 Å². The van der Waals surface area contributed by atoms with Gasteiger partial charge in [0, 0.05) is 31.8 Å². The fraction of sp³-hybridized carbons (Fsp3) is 0.250. The number of nitrogens with zero attached hydrogens (tertiary/aromatic N) is 4.